The minimum atomic E-state index is 0.0255. The standard InChI is InChI=1S/C6H12O3/c7-2-5(3-8)1-6-4-9-6/h5-8H,1-4H2. The summed E-state index contributed by atoms with van der Waals surface area (Å²) in [5.74, 6) is 0.0255. The number of rotatable bonds is 4. The van der Waals surface area contributed by atoms with Crippen molar-refractivity contribution in [3.05, 3.63) is 0 Å². The second-order valence-corrected chi connectivity index (χ2v) is 2.42. The van der Waals surface area contributed by atoms with Crippen molar-refractivity contribution in [3.8, 4) is 0 Å². The minimum absolute atomic E-state index is 0.0255. The fourth-order valence-electron chi connectivity index (χ4n) is 0.783. The molecule has 1 aliphatic rings. The lowest BCUT2D eigenvalue weighted by Crippen LogP contribution is -2.13. The molecule has 1 fully saturated rings. The van der Waals surface area contributed by atoms with Crippen LogP contribution in [0, 0.1) is 5.92 Å². The molecule has 3 nitrogen and oxygen atoms in total. The number of hydrogen-bond donors (Lipinski definition) is 2. The summed E-state index contributed by atoms with van der Waals surface area (Å²) >= 11 is 0. The van der Waals surface area contributed by atoms with Crippen LogP contribution in [0.5, 0.6) is 0 Å². The molecule has 1 unspecified atom stereocenters. The Morgan fingerprint density at radius 3 is 2.33 bits per heavy atom. The van der Waals surface area contributed by atoms with Gasteiger partial charge in [0.05, 0.1) is 12.7 Å². The fourth-order valence-corrected chi connectivity index (χ4v) is 0.783. The van der Waals surface area contributed by atoms with Gasteiger partial charge in [0.2, 0.25) is 0 Å². The smallest absolute Gasteiger partial charge is 0.0814 e. The van der Waals surface area contributed by atoms with Gasteiger partial charge in [-0.1, -0.05) is 0 Å². The van der Waals surface area contributed by atoms with E-state index in [1.54, 1.807) is 0 Å². The molecule has 0 spiro atoms. The van der Waals surface area contributed by atoms with E-state index in [-0.39, 0.29) is 19.1 Å². The zero-order valence-electron chi connectivity index (χ0n) is 5.29. The van der Waals surface area contributed by atoms with Gasteiger partial charge in [-0.3, -0.25) is 0 Å². The predicted octanol–water partition coefficient (Wildman–Crippen LogP) is -0.624. The summed E-state index contributed by atoms with van der Waals surface area (Å²) in [5.41, 5.74) is 0. The molecule has 0 aromatic rings. The number of aliphatic hydroxyl groups excluding tert-OH is 2. The maximum atomic E-state index is 8.59. The second-order valence-electron chi connectivity index (χ2n) is 2.42. The first-order valence-corrected chi connectivity index (χ1v) is 3.20. The van der Waals surface area contributed by atoms with Crippen molar-refractivity contribution in [1.29, 1.82) is 0 Å². The summed E-state index contributed by atoms with van der Waals surface area (Å²) in [7, 11) is 0. The molecule has 0 aliphatic carbocycles. The van der Waals surface area contributed by atoms with Gasteiger partial charge in [0.25, 0.3) is 0 Å². The number of hydrogen-bond acceptors (Lipinski definition) is 3. The molecule has 1 heterocycles. The van der Waals surface area contributed by atoms with Crippen molar-refractivity contribution in [2.75, 3.05) is 19.8 Å². The average Bonchev–Trinajstić information content (AvgIpc) is 2.66. The summed E-state index contributed by atoms with van der Waals surface area (Å²) in [5, 5.41) is 17.2. The first-order chi connectivity index (χ1) is 4.36. The Morgan fingerprint density at radius 1 is 1.44 bits per heavy atom. The van der Waals surface area contributed by atoms with Crippen molar-refractivity contribution in [2.45, 2.75) is 12.5 Å². The zero-order chi connectivity index (χ0) is 6.69. The molecule has 2 N–H and O–H groups in total. The third-order valence-corrected chi connectivity index (χ3v) is 1.51. The monoisotopic (exact) mass is 132 g/mol. The van der Waals surface area contributed by atoms with Crippen LogP contribution in [-0.4, -0.2) is 36.1 Å². The van der Waals surface area contributed by atoms with Gasteiger partial charge in [-0.05, 0) is 6.42 Å². The van der Waals surface area contributed by atoms with Crippen molar-refractivity contribution in [2.24, 2.45) is 5.92 Å². The highest BCUT2D eigenvalue weighted by Gasteiger charge is 2.25. The van der Waals surface area contributed by atoms with Gasteiger partial charge < -0.3 is 14.9 Å². The Kier molecular flexibility index (Phi) is 2.45. The van der Waals surface area contributed by atoms with Gasteiger partial charge in [-0.25, -0.2) is 0 Å². The number of ether oxygens (including phenoxy) is 1. The average molecular weight is 132 g/mol. The van der Waals surface area contributed by atoms with Crippen LogP contribution < -0.4 is 0 Å². The molecule has 54 valence electrons. The summed E-state index contributed by atoms with van der Waals surface area (Å²) in [6.07, 6.45) is 1.11. The molecule has 1 aliphatic heterocycles. The van der Waals surface area contributed by atoms with Crippen molar-refractivity contribution in [1.82, 2.24) is 0 Å². The lowest BCUT2D eigenvalue weighted by Gasteiger charge is -2.06. The Balaban J connectivity index is 2.05. The zero-order valence-corrected chi connectivity index (χ0v) is 5.29. The molecule has 1 saturated heterocycles. The van der Waals surface area contributed by atoms with Crippen LogP contribution >= 0.6 is 0 Å². The van der Waals surface area contributed by atoms with Gasteiger partial charge >= 0.3 is 0 Å². The largest absolute Gasteiger partial charge is 0.396 e. The number of aliphatic hydroxyl groups is 2. The lowest BCUT2D eigenvalue weighted by molar-refractivity contribution is 0.136. The van der Waals surface area contributed by atoms with Gasteiger partial charge in [0.1, 0.15) is 0 Å². The number of epoxide rings is 1. The minimum Gasteiger partial charge on any atom is -0.396 e. The highest BCUT2D eigenvalue weighted by Crippen LogP contribution is 2.18. The van der Waals surface area contributed by atoms with Gasteiger partial charge in [0.15, 0.2) is 0 Å². The van der Waals surface area contributed by atoms with E-state index in [4.69, 9.17) is 14.9 Å². The van der Waals surface area contributed by atoms with Crippen molar-refractivity contribution >= 4 is 0 Å². The molecule has 0 amide bonds. The summed E-state index contributed by atoms with van der Waals surface area (Å²) < 4.78 is 4.92. The van der Waals surface area contributed by atoms with Crippen LogP contribution in [0.25, 0.3) is 0 Å². The summed E-state index contributed by atoms with van der Waals surface area (Å²) in [6.45, 7) is 0.934. The topological polar surface area (TPSA) is 53.0 Å². The second kappa shape index (κ2) is 3.15. The summed E-state index contributed by atoms with van der Waals surface area (Å²) in [4.78, 5) is 0. The van der Waals surface area contributed by atoms with Gasteiger partial charge in [-0.2, -0.15) is 0 Å². The van der Waals surface area contributed by atoms with E-state index in [1.807, 2.05) is 0 Å². The van der Waals surface area contributed by atoms with Gasteiger partial charge in [0, 0.05) is 19.1 Å². The molecule has 0 aromatic carbocycles. The molecule has 0 radical (unpaired) electrons. The predicted molar refractivity (Wildman–Crippen MR) is 32.0 cm³/mol. The third kappa shape index (κ3) is 2.30. The fraction of sp³-hybridized carbons (Fsp3) is 1.00. The molecular formula is C6H12O3. The van der Waals surface area contributed by atoms with Crippen molar-refractivity contribution in [3.63, 3.8) is 0 Å². The highest BCUT2D eigenvalue weighted by molar-refractivity contribution is 4.72. The van der Waals surface area contributed by atoms with Crippen LogP contribution in [0.15, 0.2) is 0 Å². The van der Waals surface area contributed by atoms with E-state index in [0.717, 1.165) is 13.0 Å². The summed E-state index contributed by atoms with van der Waals surface area (Å²) in [6, 6.07) is 0. The van der Waals surface area contributed by atoms with E-state index >= 15 is 0 Å². The van der Waals surface area contributed by atoms with E-state index in [9.17, 15) is 0 Å². The Labute approximate surface area is 54.3 Å². The SMILES string of the molecule is OCC(CO)CC1CO1. The molecule has 0 saturated carbocycles. The maximum Gasteiger partial charge on any atom is 0.0814 e. The normalized spacial score (nSPS) is 25.0. The molecule has 0 aromatic heterocycles. The lowest BCUT2D eigenvalue weighted by atomic mass is 10.1. The van der Waals surface area contributed by atoms with E-state index in [2.05, 4.69) is 0 Å². The van der Waals surface area contributed by atoms with Crippen LogP contribution in [0.3, 0.4) is 0 Å². The van der Waals surface area contributed by atoms with E-state index in [1.165, 1.54) is 0 Å². The Bertz CT molecular complexity index is 76.4. The first kappa shape index (κ1) is 6.99. The molecule has 1 rings (SSSR count). The first-order valence-electron chi connectivity index (χ1n) is 3.20. The van der Waals surface area contributed by atoms with Gasteiger partial charge in [-0.15, -0.1) is 0 Å². The van der Waals surface area contributed by atoms with E-state index < -0.39 is 0 Å². The molecule has 3 heteroatoms. The molecule has 0 bridgehead atoms. The Hall–Kier alpha value is -0.120. The van der Waals surface area contributed by atoms with Crippen LogP contribution in [-0.2, 0) is 4.74 Å². The van der Waals surface area contributed by atoms with Crippen LogP contribution in [0.4, 0.5) is 0 Å². The van der Waals surface area contributed by atoms with Crippen molar-refractivity contribution < 1.29 is 14.9 Å². The molecule has 9 heavy (non-hydrogen) atoms. The quantitative estimate of drug-likeness (QED) is 0.501. The van der Waals surface area contributed by atoms with E-state index in [0.29, 0.717) is 6.10 Å². The molecular weight excluding hydrogens is 120 g/mol. The highest BCUT2D eigenvalue weighted by atomic mass is 16.6. The third-order valence-electron chi connectivity index (χ3n) is 1.51. The van der Waals surface area contributed by atoms with Crippen LogP contribution in [0.1, 0.15) is 6.42 Å². The van der Waals surface area contributed by atoms with Crippen LogP contribution in [0.2, 0.25) is 0 Å². The maximum absolute atomic E-state index is 8.59. The Morgan fingerprint density at radius 2 is 2.00 bits per heavy atom. The molecule has 1 atom stereocenters.